The first-order valence-corrected chi connectivity index (χ1v) is 11.1. The number of ether oxygens (including phenoxy) is 3. The summed E-state index contributed by atoms with van der Waals surface area (Å²) in [5, 5.41) is 4.41. The standard InChI is InChI=1S/C27H34N2O3/c1-8-22(9-2)32-19(5)29-24-13-17(3)21(12-18(24)4)14-20-10-11-28-25-16-27(31-7)26(30-6)15-23(20)25/h10-13,15-16,22,29H,5,8-9,14H2,1-4,6-7H3. The summed E-state index contributed by atoms with van der Waals surface area (Å²) < 4.78 is 16.9. The zero-order chi connectivity index (χ0) is 23.3. The molecule has 3 aromatic rings. The first-order valence-electron chi connectivity index (χ1n) is 11.1. The minimum atomic E-state index is 0.186. The predicted molar refractivity (Wildman–Crippen MR) is 132 cm³/mol. The molecule has 0 radical (unpaired) electrons. The molecular weight excluding hydrogens is 400 g/mol. The van der Waals surface area contributed by atoms with E-state index < -0.39 is 0 Å². The Morgan fingerprint density at radius 1 is 0.969 bits per heavy atom. The molecule has 0 aliphatic rings. The molecule has 0 unspecified atom stereocenters. The highest BCUT2D eigenvalue weighted by Crippen LogP contribution is 2.34. The van der Waals surface area contributed by atoms with Gasteiger partial charge in [-0.25, -0.2) is 0 Å². The first-order chi connectivity index (χ1) is 15.4. The second-order valence-corrected chi connectivity index (χ2v) is 8.07. The predicted octanol–water partition coefficient (Wildman–Crippen LogP) is 6.55. The lowest BCUT2D eigenvalue weighted by atomic mass is 9.95. The van der Waals surface area contributed by atoms with E-state index in [1.165, 1.54) is 16.7 Å². The number of anilines is 1. The van der Waals surface area contributed by atoms with Crippen LogP contribution < -0.4 is 14.8 Å². The number of hydrogen-bond acceptors (Lipinski definition) is 5. The molecule has 170 valence electrons. The molecule has 0 bridgehead atoms. The van der Waals surface area contributed by atoms with Gasteiger partial charge in [0.15, 0.2) is 17.4 Å². The van der Waals surface area contributed by atoms with E-state index in [0.29, 0.717) is 17.4 Å². The average Bonchev–Trinajstić information content (AvgIpc) is 2.79. The summed E-state index contributed by atoms with van der Waals surface area (Å²) >= 11 is 0. The third kappa shape index (κ3) is 5.16. The van der Waals surface area contributed by atoms with E-state index in [1.807, 2.05) is 18.3 Å². The van der Waals surface area contributed by atoms with Crippen LogP contribution in [0.4, 0.5) is 5.69 Å². The Morgan fingerprint density at radius 3 is 2.31 bits per heavy atom. The maximum Gasteiger partial charge on any atom is 0.183 e. The van der Waals surface area contributed by atoms with Gasteiger partial charge in [0.1, 0.15) is 0 Å². The molecule has 0 fully saturated rings. The van der Waals surface area contributed by atoms with Crippen LogP contribution in [0.5, 0.6) is 11.5 Å². The molecule has 0 spiro atoms. The molecule has 0 amide bonds. The van der Waals surface area contributed by atoms with Crippen molar-refractivity contribution in [2.75, 3.05) is 19.5 Å². The molecule has 0 saturated carbocycles. The molecule has 0 aliphatic carbocycles. The minimum absolute atomic E-state index is 0.186. The van der Waals surface area contributed by atoms with E-state index in [9.17, 15) is 0 Å². The Balaban J connectivity index is 1.88. The van der Waals surface area contributed by atoms with Crippen LogP contribution in [0.25, 0.3) is 10.9 Å². The molecule has 1 heterocycles. The van der Waals surface area contributed by atoms with Crippen molar-refractivity contribution < 1.29 is 14.2 Å². The summed E-state index contributed by atoms with van der Waals surface area (Å²) in [6, 6.07) is 10.4. The second kappa shape index (κ2) is 10.4. The smallest absolute Gasteiger partial charge is 0.183 e. The van der Waals surface area contributed by atoms with Gasteiger partial charge in [-0.2, -0.15) is 0 Å². The molecule has 3 rings (SSSR count). The molecule has 1 aromatic heterocycles. The van der Waals surface area contributed by atoms with E-state index >= 15 is 0 Å². The van der Waals surface area contributed by atoms with Crippen LogP contribution in [0.1, 0.15) is 48.9 Å². The van der Waals surface area contributed by atoms with Crippen molar-refractivity contribution in [2.45, 2.75) is 53.1 Å². The number of fused-ring (bicyclic) bond motifs is 1. The highest BCUT2D eigenvalue weighted by molar-refractivity contribution is 5.86. The van der Waals surface area contributed by atoms with Crippen LogP contribution in [0.15, 0.2) is 49.0 Å². The Morgan fingerprint density at radius 2 is 1.66 bits per heavy atom. The molecule has 5 heteroatoms. The Bertz CT molecular complexity index is 1100. The maximum atomic E-state index is 5.93. The van der Waals surface area contributed by atoms with Gasteiger partial charge in [0, 0.05) is 23.3 Å². The largest absolute Gasteiger partial charge is 0.493 e. The molecule has 32 heavy (non-hydrogen) atoms. The van der Waals surface area contributed by atoms with Crippen LogP contribution in [-0.4, -0.2) is 25.3 Å². The number of aromatic nitrogens is 1. The van der Waals surface area contributed by atoms with Crippen molar-refractivity contribution in [3.63, 3.8) is 0 Å². The van der Waals surface area contributed by atoms with E-state index in [0.717, 1.165) is 41.4 Å². The number of benzene rings is 2. The van der Waals surface area contributed by atoms with Crippen LogP contribution in [0.2, 0.25) is 0 Å². The summed E-state index contributed by atoms with van der Waals surface area (Å²) in [5.41, 5.74) is 6.73. The van der Waals surface area contributed by atoms with Gasteiger partial charge in [-0.05, 0) is 80.1 Å². The molecule has 2 aromatic carbocycles. The van der Waals surface area contributed by atoms with E-state index in [-0.39, 0.29) is 6.10 Å². The van der Waals surface area contributed by atoms with Gasteiger partial charge in [-0.1, -0.05) is 19.9 Å². The third-order valence-electron chi connectivity index (χ3n) is 5.89. The van der Waals surface area contributed by atoms with Gasteiger partial charge < -0.3 is 19.5 Å². The number of rotatable bonds is 10. The fourth-order valence-electron chi connectivity index (χ4n) is 3.93. The fourth-order valence-corrected chi connectivity index (χ4v) is 3.93. The van der Waals surface area contributed by atoms with Gasteiger partial charge in [0.2, 0.25) is 0 Å². The molecular formula is C27H34N2O3. The molecule has 0 aliphatic heterocycles. The lowest BCUT2D eigenvalue weighted by Gasteiger charge is -2.20. The van der Waals surface area contributed by atoms with E-state index in [4.69, 9.17) is 14.2 Å². The summed E-state index contributed by atoms with van der Waals surface area (Å²) in [5.74, 6) is 1.98. The maximum absolute atomic E-state index is 5.93. The molecule has 5 nitrogen and oxygen atoms in total. The Hall–Kier alpha value is -3.21. The number of hydrogen-bond donors (Lipinski definition) is 1. The summed E-state index contributed by atoms with van der Waals surface area (Å²) in [6.07, 6.45) is 4.76. The summed E-state index contributed by atoms with van der Waals surface area (Å²) in [6.45, 7) is 12.5. The lowest BCUT2D eigenvalue weighted by molar-refractivity contribution is 0.114. The van der Waals surface area contributed by atoms with E-state index in [1.54, 1.807) is 14.2 Å². The van der Waals surface area contributed by atoms with Crippen molar-refractivity contribution in [1.82, 2.24) is 4.98 Å². The number of pyridine rings is 1. The monoisotopic (exact) mass is 434 g/mol. The molecule has 0 atom stereocenters. The van der Waals surface area contributed by atoms with Crippen LogP contribution >= 0.6 is 0 Å². The van der Waals surface area contributed by atoms with Crippen molar-refractivity contribution in [1.29, 1.82) is 0 Å². The second-order valence-electron chi connectivity index (χ2n) is 8.07. The van der Waals surface area contributed by atoms with Gasteiger partial charge in [-0.15, -0.1) is 0 Å². The SMILES string of the molecule is C=C(Nc1cc(C)c(Cc2ccnc3cc(OC)c(OC)cc23)cc1C)OC(CC)CC. The van der Waals surface area contributed by atoms with Crippen LogP contribution in [0, 0.1) is 13.8 Å². The number of nitrogens with one attached hydrogen (secondary N) is 1. The van der Waals surface area contributed by atoms with Crippen molar-refractivity contribution >= 4 is 16.6 Å². The fraction of sp³-hybridized carbons (Fsp3) is 0.370. The van der Waals surface area contributed by atoms with Gasteiger partial charge in [0.25, 0.3) is 0 Å². The summed E-state index contributed by atoms with van der Waals surface area (Å²) in [4.78, 5) is 4.52. The zero-order valence-corrected chi connectivity index (χ0v) is 20.0. The highest BCUT2D eigenvalue weighted by Gasteiger charge is 2.13. The van der Waals surface area contributed by atoms with Crippen LogP contribution in [0.3, 0.4) is 0 Å². The number of nitrogens with zero attached hydrogens (tertiary/aromatic N) is 1. The highest BCUT2D eigenvalue weighted by atomic mass is 16.5. The Labute approximate surface area is 191 Å². The lowest BCUT2D eigenvalue weighted by Crippen LogP contribution is -2.14. The van der Waals surface area contributed by atoms with E-state index in [2.05, 4.69) is 62.8 Å². The van der Waals surface area contributed by atoms with Crippen LogP contribution in [-0.2, 0) is 11.2 Å². The van der Waals surface area contributed by atoms with Gasteiger partial charge in [0.05, 0.1) is 25.8 Å². The minimum Gasteiger partial charge on any atom is -0.493 e. The topological polar surface area (TPSA) is 52.6 Å². The molecule has 1 N–H and O–H groups in total. The normalized spacial score (nSPS) is 11.0. The van der Waals surface area contributed by atoms with Crippen molar-refractivity contribution in [3.05, 3.63) is 71.2 Å². The third-order valence-corrected chi connectivity index (χ3v) is 5.89. The number of aryl methyl sites for hydroxylation is 2. The zero-order valence-electron chi connectivity index (χ0n) is 20.0. The number of methoxy groups -OCH3 is 2. The van der Waals surface area contributed by atoms with Crippen molar-refractivity contribution in [2.24, 2.45) is 0 Å². The average molecular weight is 435 g/mol. The molecule has 0 saturated heterocycles. The first kappa shape index (κ1) is 23.5. The van der Waals surface area contributed by atoms with Crippen molar-refractivity contribution in [3.8, 4) is 11.5 Å². The Kier molecular flexibility index (Phi) is 7.62. The van der Waals surface area contributed by atoms with Gasteiger partial charge in [-0.3, -0.25) is 4.98 Å². The summed E-state index contributed by atoms with van der Waals surface area (Å²) in [7, 11) is 3.29. The quantitative estimate of drug-likeness (QED) is 0.367. The van der Waals surface area contributed by atoms with Gasteiger partial charge >= 0.3 is 0 Å².